The molecule has 0 saturated heterocycles. The fourth-order valence-corrected chi connectivity index (χ4v) is 3.75. The van der Waals surface area contributed by atoms with Crippen LogP contribution in [0.25, 0.3) is 0 Å². The number of carbonyl (C=O) groups excluding carboxylic acids is 1. The Morgan fingerprint density at radius 1 is 1.29 bits per heavy atom. The van der Waals surface area contributed by atoms with Crippen molar-refractivity contribution in [2.45, 2.75) is 6.92 Å². The molecular weight excluding hydrogens is 461 g/mol. The van der Waals surface area contributed by atoms with Crippen molar-refractivity contribution in [3.8, 4) is 0 Å². The van der Waals surface area contributed by atoms with E-state index < -0.39 is 15.9 Å². The number of hydrogen-bond donors (Lipinski definition) is 1. The summed E-state index contributed by atoms with van der Waals surface area (Å²) in [5.41, 5.74) is 3.50. The van der Waals surface area contributed by atoms with Crippen molar-refractivity contribution < 1.29 is 13.2 Å². The highest BCUT2D eigenvalue weighted by Crippen LogP contribution is 2.18. The van der Waals surface area contributed by atoms with Crippen LogP contribution in [0.3, 0.4) is 0 Å². The van der Waals surface area contributed by atoms with Gasteiger partial charge in [-0.25, -0.2) is 13.8 Å². The van der Waals surface area contributed by atoms with Crippen LogP contribution in [0.4, 0.5) is 5.69 Å². The van der Waals surface area contributed by atoms with Gasteiger partial charge in [-0.1, -0.05) is 6.07 Å². The smallest absolute Gasteiger partial charge is 0.260 e. The second-order valence-corrected chi connectivity index (χ2v) is 9.06. The summed E-state index contributed by atoms with van der Waals surface area (Å²) in [5.74, 6) is -0.505. The van der Waals surface area contributed by atoms with Crippen LogP contribution in [0.15, 0.2) is 46.9 Å². The lowest BCUT2D eigenvalue weighted by atomic mass is 10.3. The molecule has 2 rings (SSSR count). The number of halogens is 1. The monoisotopic (exact) mass is 477 g/mol. The van der Waals surface area contributed by atoms with Crippen LogP contribution in [0, 0.1) is 3.57 Å². The summed E-state index contributed by atoms with van der Waals surface area (Å²) in [6, 6.07) is 10.7. The van der Waals surface area contributed by atoms with Crippen LogP contribution in [0.2, 0.25) is 0 Å². The van der Waals surface area contributed by atoms with E-state index in [0.29, 0.717) is 11.4 Å². The molecule has 0 unspecified atom stereocenters. The molecule has 1 heterocycles. The molecule has 1 amide bonds. The summed E-state index contributed by atoms with van der Waals surface area (Å²) >= 11 is 3.64. The first kappa shape index (κ1) is 18.9. The van der Waals surface area contributed by atoms with Crippen molar-refractivity contribution in [1.29, 1.82) is 0 Å². The number of nitrogens with zero attached hydrogens (tertiary/aromatic N) is 2. The maximum absolute atomic E-state index is 12.1. The Balaban J connectivity index is 2.11. The van der Waals surface area contributed by atoms with Crippen LogP contribution in [0.1, 0.15) is 11.8 Å². The maximum Gasteiger partial charge on any atom is 0.260 e. The summed E-state index contributed by atoms with van der Waals surface area (Å²) < 4.78 is 26.0. The number of rotatable bonds is 6. The van der Waals surface area contributed by atoms with Gasteiger partial charge in [-0.05, 0) is 65.2 Å². The first-order valence-electron chi connectivity index (χ1n) is 6.87. The van der Waals surface area contributed by atoms with E-state index in [0.717, 1.165) is 19.0 Å². The SMILES string of the molecule is C/C(=N/NC(=O)CN(c1ccc(I)cc1)S(C)(=O)=O)c1cccs1. The molecule has 0 aliphatic carbocycles. The molecule has 1 aromatic heterocycles. The first-order valence-corrected chi connectivity index (χ1v) is 10.7. The number of anilines is 1. The third-order valence-electron chi connectivity index (χ3n) is 3.03. The average Bonchev–Trinajstić information content (AvgIpc) is 3.05. The summed E-state index contributed by atoms with van der Waals surface area (Å²) in [4.78, 5) is 13.0. The number of sulfonamides is 1. The zero-order chi connectivity index (χ0) is 17.7. The molecule has 9 heteroatoms. The van der Waals surface area contributed by atoms with Crippen LogP contribution >= 0.6 is 33.9 Å². The molecule has 24 heavy (non-hydrogen) atoms. The highest BCUT2D eigenvalue weighted by atomic mass is 127. The lowest BCUT2D eigenvalue weighted by Gasteiger charge is -2.21. The lowest BCUT2D eigenvalue weighted by molar-refractivity contribution is -0.119. The molecule has 0 radical (unpaired) electrons. The highest BCUT2D eigenvalue weighted by molar-refractivity contribution is 14.1. The molecule has 0 fully saturated rings. The van der Waals surface area contributed by atoms with Crippen molar-refractivity contribution in [1.82, 2.24) is 5.43 Å². The summed E-state index contributed by atoms with van der Waals surface area (Å²) in [6.45, 7) is 1.44. The molecule has 128 valence electrons. The van der Waals surface area contributed by atoms with Gasteiger partial charge in [0.1, 0.15) is 6.54 Å². The molecular formula is C15H16IN3O3S2. The molecule has 1 N–H and O–H groups in total. The molecule has 0 atom stereocenters. The number of hydrazone groups is 1. The quantitative estimate of drug-likeness (QED) is 0.395. The number of carbonyl (C=O) groups is 1. The lowest BCUT2D eigenvalue weighted by Crippen LogP contribution is -2.39. The van der Waals surface area contributed by atoms with Crippen LogP contribution < -0.4 is 9.73 Å². The molecule has 0 spiro atoms. The van der Waals surface area contributed by atoms with Gasteiger partial charge < -0.3 is 0 Å². The minimum Gasteiger partial charge on any atom is -0.271 e. The van der Waals surface area contributed by atoms with E-state index in [1.54, 1.807) is 31.2 Å². The van der Waals surface area contributed by atoms with E-state index in [-0.39, 0.29) is 6.54 Å². The van der Waals surface area contributed by atoms with Gasteiger partial charge in [-0.15, -0.1) is 11.3 Å². The van der Waals surface area contributed by atoms with Crippen LogP contribution in [-0.4, -0.2) is 32.8 Å². The normalized spacial score (nSPS) is 12.0. The zero-order valence-corrected chi connectivity index (χ0v) is 16.9. The highest BCUT2D eigenvalue weighted by Gasteiger charge is 2.20. The standard InChI is InChI=1S/C15H16IN3O3S2/c1-11(14-4-3-9-23-14)17-18-15(20)10-19(24(2,21)22)13-7-5-12(16)6-8-13/h3-9H,10H2,1-2H3,(H,18,20)/b17-11-. The Hall–Kier alpha value is -1.46. The van der Waals surface area contributed by atoms with Crippen LogP contribution in [-0.2, 0) is 14.8 Å². The molecule has 1 aromatic carbocycles. The van der Waals surface area contributed by atoms with Crippen molar-refractivity contribution in [3.05, 3.63) is 50.2 Å². The molecule has 0 saturated carbocycles. The van der Waals surface area contributed by atoms with Gasteiger partial charge in [0.25, 0.3) is 5.91 Å². The number of amides is 1. The van der Waals surface area contributed by atoms with Gasteiger partial charge in [-0.2, -0.15) is 5.10 Å². The first-order chi connectivity index (χ1) is 11.3. The van der Waals surface area contributed by atoms with E-state index in [4.69, 9.17) is 0 Å². The van der Waals surface area contributed by atoms with Crippen molar-refractivity contribution in [2.24, 2.45) is 5.10 Å². The summed E-state index contributed by atoms with van der Waals surface area (Å²) in [5, 5.41) is 5.93. The van der Waals surface area contributed by atoms with E-state index in [1.807, 2.05) is 17.5 Å². The topological polar surface area (TPSA) is 78.8 Å². The predicted molar refractivity (Wildman–Crippen MR) is 106 cm³/mol. The fraction of sp³-hybridized carbons (Fsp3) is 0.200. The third-order valence-corrected chi connectivity index (χ3v) is 5.87. The Bertz CT molecular complexity index is 831. The molecule has 6 nitrogen and oxygen atoms in total. The van der Waals surface area contributed by atoms with Crippen molar-refractivity contribution >= 4 is 61.3 Å². The Kier molecular flexibility index (Phi) is 6.35. The second kappa shape index (κ2) is 8.08. The molecule has 0 aliphatic heterocycles. The van der Waals surface area contributed by atoms with Crippen LogP contribution in [0.5, 0.6) is 0 Å². The Morgan fingerprint density at radius 2 is 1.96 bits per heavy atom. The molecule has 2 aromatic rings. The minimum atomic E-state index is -3.58. The Labute approximate surface area is 158 Å². The minimum absolute atomic E-state index is 0.333. The van der Waals surface area contributed by atoms with Crippen molar-refractivity contribution in [3.63, 3.8) is 0 Å². The van der Waals surface area contributed by atoms with Gasteiger partial charge in [0.05, 0.1) is 17.7 Å². The maximum atomic E-state index is 12.1. The number of benzene rings is 1. The third kappa shape index (κ3) is 5.28. The summed E-state index contributed by atoms with van der Waals surface area (Å²) in [6.07, 6.45) is 1.07. The number of thiophene rings is 1. The van der Waals surface area contributed by atoms with Gasteiger partial charge in [0.2, 0.25) is 10.0 Å². The fourth-order valence-electron chi connectivity index (χ4n) is 1.86. The van der Waals surface area contributed by atoms with Crippen molar-refractivity contribution in [2.75, 3.05) is 17.1 Å². The largest absolute Gasteiger partial charge is 0.271 e. The van der Waals surface area contributed by atoms with Gasteiger partial charge in [-0.3, -0.25) is 9.10 Å². The van der Waals surface area contributed by atoms with E-state index in [2.05, 4.69) is 33.1 Å². The summed E-state index contributed by atoms with van der Waals surface area (Å²) in [7, 11) is -3.58. The van der Waals surface area contributed by atoms with E-state index in [1.165, 1.54) is 11.3 Å². The zero-order valence-electron chi connectivity index (χ0n) is 13.1. The molecule has 0 bridgehead atoms. The second-order valence-electron chi connectivity index (χ2n) is 4.96. The van der Waals surface area contributed by atoms with E-state index >= 15 is 0 Å². The van der Waals surface area contributed by atoms with Gasteiger partial charge >= 0.3 is 0 Å². The van der Waals surface area contributed by atoms with E-state index in [9.17, 15) is 13.2 Å². The number of hydrogen-bond acceptors (Lipinski definition) is 5. The average molecular weight is 477 g/mol. The Morgan fingerprint density at radius 3 is 2.50 bits per heavy atom. The molecule has 0 aliphatic rings. The predicted octanol–water partition coefficient (Wildman–Crippen LogP) is 2.66. The van der Waals surface area contributed by atoms with Gasteiger partial charge in [0.15, 0.2) is 0 Å². The van der Waals surface area contributed by atoms with Gasteiger partial charge in [0, 0.05) is 8.45 Å². The number of nitrogens with one attached hydrogen (secondary N) is 1.